The fourth-order valence-electron chi connectivity index (χ4n) is 3.68. The molecule has 0 radical (unpaired) electrons. The second kappa shape index (κ2) is 9.27. The summed E-state index contributed by atoms with van der Waals surface area (Å²) < 4.78 is 0. The van der Waals surface area contributed by atoms with Crippen LogP contribution in [0.25, 0.3) is 5.76 Å². The summed E-state index contributed by atoms with van der Waals surface area (Å²) in [6.45, 7) is 4.55. The maximum Gasteiger partial charge on any atom is 0.295 e. The number of Topliss-reactive ketones (excluding diaryl/α,β-unsaturated/α-hetero) is 1. The summed E-state index contributed by atoms with van der Waals surface area (Å²) in [5.74, 6) is -1.34. The van der Waals surface area contributed by atoms with Gasteiger partial charge in [0.25, 0.3) is 11.7 Å². The summed E-state index contributed by atoms with van der Waals surface area (Å²) in [5, 5.41) is 11.5. The standard InChI is InChI=1S/C24H26ClNO3/c1-3-4-5-6-15-26-21(17-11-13-19(25)14-12-17)20(23(28)24(26)29)22(27)18-9-7-16(2)8-10-18/h7-14,21,27H,3-6,15H2,1-2H3. The second-order valence-electron chi connectivity index (χ2n) is 7.47. The molecule has 0 aliphatic carbocycles. The van der Waals surface area contributed by atoms with E-state index in [9.17, 15) is 14.7 Å². The number of likely N-dealkylation sites (tertiary alicyclic amines) is 1. The number of aliphatic hydroxyl groups excluding tert-OH is 1. The van der Waals surface area contributed by atoms with Gasteiger partial charge in [-0.2, -0.15) is 0 Å². The first kappa shape index (κ1) is 21.1. The van der Waals surface area contributed by atoms with Gasteiger partial charge in [-0.15, -0.1) is 0 Å². The fraction of sp³-hybridized carbons (Fsp3) is 0.333. The number of amides is 1. The second-order valence-corrected chi connectivity index (χ2v) is 7.91. The van der Waals surface area contributed by atoms with E-state index in [0.717, 1.165) is 36.8 Å². The summed E-state index contributed by atoms with van der Waals surface area (Å²) >= 11 is 6.03. The number of aryl methyl sites for hydroxylation is 1. The first-order valence-electron chi connectivity index (χ1n) is 10.0. The summed E-state index contributed by atoms with van der Waals surface area (Å²) in [4.78, 5) is 27.3. The van der Waals surface area contributed by atoms with Crippen molar-refractivity contribution in [1.29, 1.82) is 0 Å². The zero-order valence-electron chi connectivity index (χ0n) is 16.8. The third-order valence-corrected chi connectivity index (χ3v) is 5.56. The van der Waals surface area contributed by atoms with E-state index >= 15 is 0 Å². The van der Waals surface area contributed by atoms with Crippen molar-refractivity contribution >= 4 is 29.1 Å². The first-order valence-corrected chi connectivity index (χ1v) is 10.4. The van der Waals surface area contributed by atoms with E-state index in [2.05, 4.69) is 6.92 Å². The molecule has 1 heterocycles. The molecule has 1 fully saturated rings. The number of benzene rings is 2. The Bertz CT molecular complexity index is 916. The molecule has 1 saturated heterocycles. The summed E-state index contributed by atoms with van der Waals surface area (Å²) in [6, 6.07) is 13.7. The fourth-order valence-corrected chi connectivity index (χ4v) is 3.80. The Balaban J connectivity index is 2.05. The molecule has 2 aromatic rings. The monoisotopic (exact) mass is 411 g/mol. The van der Waals surface area contributed by atoms with Crippen LogP contribution in [0.15, 0.2) is 54.1 Å². The van der Waals surface area contributed by atoms with Crippen LogP contribution >= 0.6 is 11.6 Å². The molecule has 1 aliphatic rings. The average molecular weight is 412 g/mol. The predicted molar refractivity (Wildman–Crippen MR) is 116 cm³/mol. The van der Waals surface area contributed by atoms with Crippen molar-refractivity contribution in [2.45, 2.75) is 45.6 Å². The Morgan fingerprint density at radius 3 is 2.28 bits per heavy atom. The van der Waals surface area contributed by atoms with Gasteiger partial charge in [0.15, 0.2) is 0 Å². The zero-order chi connectivity index (χ0) is 21.0. The minimum atomic E-state index is -0.640. The molecule has 1 N–H and O–H groups in total. The number of hydrogen-bond acceptors (Lipinski definition) is 3. The number of halogens is 1. The van der Waals surface area contributed by atoms with E-state index in [-0.39, 0.29) is 11.3 Å². The van der Waals surface area contributed by atoms with Crippen LogP contribution in [0, 0.1) is 6.92 Å². The van der Waals surface area contributed by atoms with Crippen LogP contribution in [-0.2, 0) is 9.59 Å². The number of rotatable bonds is 7. The molecule has 4 nitrogen and oxygen atoms in total. The van der Waals surface area contributed by atoms with Gasteiger partial charge in [0.1, 0.15) is 5.76 Å². The molecule has 0 bridgehead atoms. The molecule has 0 aromatic heterocycles. The van der Waals surface area contributed by atoms with Crippen LogP contribution in [0.5, 0.6) is 0 Å². The number of aliphatic hydroxyl groups is 1. The molecule has 5 heteroatoms. The van der Waals surface area contributed by atoms with Crippen LogP contribution in [0.3, 0.4) is 0 Å². The summed E-state index contributed by atoms with van der Waals surface area (Å²) in [6.07, 6.45) is 3.98. The highest BCUT2D eigenvalue weighted by Gasteiger charge is 2.45. The van der Waals surface area contributed by atoms with Gasteiger partial charge in [-0.05, 0) is 31.0 Å². The number of hydrogen-bond donors (Lipinski definition) is 1. The van der Waals surface area contributed by atoms with Crippen molar-refractivity contribution < 1.29 is 14.7 Å². The maximum atomic E-state index is 12.9. The van der Waals surface area contributed by atoms with Crippen LogP contribution in [0.1, 0.15) is 55.3 Å². The van der Waals surface area contributed by atoms with E-state index in [4.69, 9.17) is 11.6 Å². The molecule has 1 aliphatic heterocycles. The van der Waals surface area contributed by atoms with E-state index in [0.29, 0.717) is 17.1 Å². The smallest absolute Gasteiger partial charge is 0.295 e. The molecular weight excluding hydrogens is 386 g/mol. The lowest BCUT2D eigenvalue weighted by Crippen LogP contribution is -2.30. The lowest BCUT2D eigenvalue weighted by Gasteiger charge is -2.25. The van der Waals surface area contributed by atoms with Gasteiger partial charge in [-0.25, -0.2) is 0 Å². The molecule has 1 amide bonds. The van der Waals surface area contributed by atoms with Gasteiger partial charge in [0, 0.05) is 17.1 Å². The minimum Gasteiger partial charge on any atom is -0.507 e. The van der Waals surface area contributed by atoms with E-state index in [1.54, 1.807) is 41.3 Å². The number of unbranched alkanes of at least 4 members (excludes halogenated alkanes) is 3. The number of ketones is 1. The third kappa shape index (κ3) is 4.54. The Hall–Kier alpha value is -2.59. The van der Waals surface area contributed by atoms with E-state index in [1.165, 1.54) is 0 Å². The molecule has 3 rings (SSSR count). The van der Waals surface area contributed by atoms with Gasteiger partial charge in [-0.3, -0.25) is 9.59 Å². The number of nitrogens with zero attached hydrogens (tertiary/aromatic N) is 1. The highest BCUT2D eigenvalue weighted by atomic mass is 35.5. The summed E-state index contributed by atoms with van der Waals surface area (Å²) in [7, 11) is 0. The van der Waals surface area contributed by atoms with Gasteiger partial charge in [0.2, 0.25) is 0 Å². The normalized spacial score (nSPS) is 18.4. The molecule has 29 heavy (non-hydrogen) atoms. The lowest BCUT2D eigenvalue weighted by atomic mass is 9.95. The van der Waals surface area contributed by atoms with Crippen LogP contribution in [-0.4, -0.2) is 28.2 Å². The third-order valence-electron chi connectivity index (χ3n) is 5.30. The van der Waals surface area contributed by atoms with Crippen molar-refractivity contribution in [3.8, 4) is 0 Å². The largest absolute Gasteiger partial charge is 0.507 e. The van der Waals surface area contributed by atoms with E-state index in [1.807, 2.05) is 19.1 Å². The van der Waals surface area contributed by atoms with E-state index < -0.39 is 17.7 Å². The van der Waals surface area contributed by atoms with Crippen molar-refractivity contribution in [3.05, 3.63) is 75.8 Å². The molecule has 0 saturated carbocycles. The van der Waals surface area contributed by atoms with Gasteiger partial charge < -0.3 is 10.0 Å². The van der Waals surface area contributed by atoms with Crippen molar-refractivity contribution in [2.75, 3.05) is 6.54 Å². The Morgan fingerprint density at radius 2 is 1.66 bits per heavy atom. The SMILES string of the molecule is CCCCCCN1C(=O)C(=O)C(=C(O)c2ccc(C)cc2)C1c1ccc(Cl)cc1. The molecule has 2 aromatic carbocycles. The van der Waals surface area contributed by atoms with Crippen LogP contribution in [0.4, 0.5) is 0 Å². The Labute approximate surface area is 176 Å². The number of carbonyl (C=O) groups is 2. The molecule has 1 unspecified atom stereocenters. The molecule has 152 valence electrons. The van der Waals surface area contributed by atoms with Gasteiger partial charge in [-0.1, -0.05) is 79.7 Å². The highest BCUT2D eigenvalue weighted by molar-refractivity contribution is 6.46. The van der Waals surface area contributed by atoms with Crippen molar-refractivity contribution in [2.24, 2.45) is 0 Å². The molecule has 1 atom stereocenters. The lowest BCUT2D eigenvalue weighted by molar-refractivity contribution is -0.139. The molecule has 0 spiro atoms. The van der Waals surface area contributed by atoms with Crippen LogP contribution < -0.4 is 0 Å². The highest BCUT2D eigenvalue weighted by Crippen LogP contribution is 2.39. The quantitative estimate of drug-likeness (QED) is 0.277. The van der Waals surface area contributed by atoms with Crippen molar-refractivity contribution in [3.63, 3.8) is 0 Å². The minimum absolute atomic E-state index is 0.136. The maximum absolute atomic E-state index is 12.9. The zero-order valence-corrected chi connectivity index (χ0v) is 17.6. The topological polar surface area (TPSA) is 57.6 Å². The number of carbonyl (C=O) groups excluding carboxylic acids is 2. The van der Waals surface area contributed by atoms with Crippen LogP contribution in [0.2, 0.25) is 5.02 Å². The van der Waals surface area contributed by atoms with Gasteiger partial charge in [0.05, 0.1) is 11.6 Å². The summed E-state index contributed by atoms with van der Waals surface area (Å²) in [5.41, 5.74) is 2.47. The Kier molecular flexibility index (Phi) is 6.75. The average Bonchev–Trinajstić information content (AvgIpc) is 2.96. The van der Waals surface area contributed by atoms with Gasteiger partial charge >= 0.3 is 0 Å². The Morgan fingerprint density at radius 1 is 1.00 bits per heavy atom. The predicted octanol–water partition coefficient (Wildman–Crippen LogP) is 5.65. The molecular formula is C24H26ClNO3. The van der Waals surface area contributed by atoms with Crippen molar-refractivity contribution in [1.82, 2.24) is 4.90 Å². The first-order chi connectivity index (χ1) is 13.9.